The van der Waals surface area contributed by atoms with Crippen LogP contribution in [0.4, 0.5) is 11.4 Å². The van der Waals surface area contributed by atoms with Crippen LogP contribution in [-0.2, 0) is 0 Å². The van der Waals surface area contributed by atoms with Crippen molar-refractivity contribution in [3.05, 3.63) is 59.7 Å². The van der Waals surface area contributed by atoms with E-state index in [1.54, 1.807) is 0 Å². The summed E-state index contributed by atoms with van der Waals surface area (Å²) in [5, 5.41) is 3.44. The maximum Gasteiger partial charge on any atom is 0.0413 e. The van der Waals surface area contributed by atoms with E-state index in [4.69, 9.17) is 0 Å². The van der Waals surface area contributed by atoms with Gasteiger partial charge in [-0.1, -0.05) is 36.4 Å². The predicted molar refractivity (Wildman–Crippen MR) is 65.6 cm³/mol. The van der Waals surface area contributed by atoms with Crippen LogP contribution in [-0.4, -0.2) is 0 Å². The second-order valence-electron chi connectivity index (χ2n) is 3.75. The SMILES string of the molecule is Cc1ccccc1Nc1ccccc1C. The third kappa shape index (κ3) is 2.18. The molecule has 76 valence electrons. The lowest BCUT2D eigenvalue weighted by Crippen LogP contribution is -1.94. The highest BCUT2D eigenvalue weighted by atomic mass is 14.9. The normalized spacial score (nSPS) is 10.0. The molecule has 2 aromatic carbocycles. The van der Waals surface area contributed by atoms with Crippen LogP contribution < -0.4 is 5.32 Å². The summed E-state index contributed by atoms with van der Waals surface area (Å²) in [5.74, 6) is 0. The molecule has 0 aromatic heterocycles. The Balaban J connectivity index is 2.30. The summed E-state index contributed by atoms with van der Waals surface area (Å²) in [6.07, 6.45) is 0. The van der Waals surface area contributed by atoms with E-state index in [9.17, 15) is 0 Å². The van der Waals surface area contributed by atoms with Gasteiger partial charge in [0, 0.05) is 11.4 Å². The van der Waals surface area contributed by atoms with Gasteiger partial charge in [0.15, 0.2) is 0 Å². The minimum absolute atomic E-state index is 1.17. The Morgan fingerprint density at radius 3 is 1.47 bits per heavy atom. The van der Waals surface area contributed by atoms with E-state index in [-0.39, 0.29) is 0 Å². The fourth-order valence-corrected chi connectivity index (χ4v) is 1.57. The van der Waals surface area contributed by atoms with Crippen LogP contribution in [0, 0.1) is 13.8 Å². The molecule has 2 aromatic rings. The Morgan fingerprint density at radius 2 is 1.07 bits per heavy atom. The number of para-hydroxylation sites is 2. The summed E-state index contributed by atoms with van der Waals surface area (Å²) in [5.41, 5.74) is 4.88. The van der Waals surface area contributed by atoms with E-state index in [0.29, 0.717) is 0 Å². The molecule has 0 unspecified atom stereocenters. The molecular formula is C14H15N. The van der Waals surface area contributed by atoms with Crippen molar-refractivity contribution >= 4 is 11.4 Å². The molecule has 0 saturated heterocycles. The van der Waals surface area contributed by atoms with E-state index >= 15 is 0 Å². The molecular weight excluding hydrogens is 182 g/mol. The quantitative estimate of drug-likeness (QED) is 0.766. The molecule has 1 heteroatoms. The number of anilines is 2. The molecule has 0 aliphatic heterocycles. The number of benzene rings is 2. The molecule has 2 rings (SSSR count). The maximum absolute atomic E-state index is 3.44. The van der Waals surface area contributed by atoms with Gasteiger partial charge in [0.1, 0.15) is 0 Å². The van der Waals surface area contributed by atoms with Gasteiger partial charge in [0.2, 0.25) is 0 Å². The fourth-order valence-electron chi connectivity index (χ4n) is 1.57. The Labute approximate surface area is 90.8 Å². The molecule has 0 bridgehead atoms. The smallest absolute Gasteiger partial charge is 0.0413 e. The molecule has 0 radical (unpaired) electrons. The number of hydrogen-bond acceptors (Lipinski definition) is 1. The molecule has 0 aliphatic rings. The molecule has 0 heterocycles. The van der Waals surface area contributed by atoms with Gasteiger partial charge < -0.3 is 5.32 Å². The monoisotopic (exact) mass is 197 g/mol. The lowest BCUT2D eigenvalue weighted by molar-refractivity contribution is 1.39. The van der Waals surface area contributed by atoms with Crippen molar-refractivity contribution in [2.75, 3.05) is 5.32 Å². The zero-order chi connectivity index (χ0) is 10.7. The number of hydrogen-bond donors (Lipinski definition) is 1. The first-order valence-corrected chi connectivity index (χ1v) is 5.15. The van der Waals surface area contributed by atoms with Crippen molar-refractivity contribution in [2.24, 2.45) is 0 Å². The van der Waals surface area contributed by atoms with E-state index in [1.807, 2.05) is 12.1 Å². The second kappa shape index (κ2) is 4.18. The minimum atomic E-state index is 1.17. The van der Waals surface area contributed by atoms with Gasteiger partial charge >= 0.3 is 0 Å². The van der Waals surface area contributed by atoms with E-state index in [0.717, 1.165) is 0 Å². The van der Waals surface area contributed by atoms with Crippen LogP contribution in [0.2, 0.25) is 0 Å². The van der Waals surface area contributed by atoms with Gasteiger partial charge in [0.25, 0.3) is 0 Å². The van der Waals surface area contributed by atoms with Gasteiger partial charge in [0.05, 0.1) is 0 Å². The van der Waals surface area contributed by atoms with E-state index < -0.39 is 0 Å². The fraction of sp³-hybridized carbons (Fsp3) is 0.143. The van der Waals surface area contributed by atoms with Crippen LogP contribution in [0.3, 0.4) is 0 Å². The van der Waals surface area contributed by atoms with Gasteiger partial charge in [-0.2, -0.15) is 0 Å². The van der Waals surface area contributed by atoms with Gasteiger partial charge in [-0.25, -0.2) is 0 Å². The van der Waals surface area contributed by atoms with Crippen LogP contribution in [0.5, 0.6) is 0 Å². The molecule has 0 spiro atoms. The van der Waals surface area contributed by atoms with Crippen molar-refractivity contribution in [3.63, 3.8) is 0 Å². The zero-order valence-corrected chi connectivity index (χ0v) is 9.12. The molecule has 0 atom stereocenters. The van der Waals surface area contributed by atoms with Crippen LogP contribution in [0.15, 0.2) is 48.5 Å². The number of nitrogens with one attached hydrogen (secondary N) is 1. The molecule has 0 saturated carbocycles. The Hall–Kier alpha value is -1.76. The van der Waals surface area contributed by atoms with Crippen LogP contribution in [0.1, 0.15) is 11.1 Å². The van der Waals surface area contributed by atoms with Crippen molar-refractivity contribution in [1.82, 2.24) is 0 Å². The second-order valence-corrected chi connectivity index (χ2v) is 3.75. The van der Waals surface area contributed by atoms with Crippen molar-refractivity contribution in [1.29, 1.82) is 0 Å². The zero-order valence-electron chi connectivity index (χ0n) is 9.12. The molecule has 15 heavy (non-hydrogen) atoms. The first-order valence-electron chi connectivity index (χ1n) is 5.15. The van der Waals surface area contributed by atoms with Crippen molar-refractivity contribution in [3.8, 4) is 0 Å². The molecule has 0 amide bonds. The van der Waals surface area contributed by atoms with Gasteiger partial charge in [-0.15, -0.1) is 0 Å². The Morgan fingerprint density at radius 1 is 0.667 bits per heavy atom. The molecule has 0 aliphatic carbocycles. The summed E-state index contributed by atoms with van der Waals surface area (Å²) in [7, 11) is 0. The number of rotatable bonds is 2. The third-order valence-electron chi connectivity index (χ3n) is 2.56. The minimum Gasteiger partial charge on any atom is -0.355 e. The highest BCUT2D eigenvalue weighted by Gasteiger charge is 1.99. The Bertz CT molecular complexity index is 417. The first-order chi connectivity index (χ1) is 7.27. The molecule has 1 N–H and O–H groups in total. The highest BCUT2D eigenvalue weighted by molar-refractivity contribution is 5.65. The summed E-state index contributed by atoms with van der Waals surface area (Å²) in [4.78, 5) is 0. The van der Waals surface area contributed by atoms with Crippen molar-refractivity contribution in [2.45, 2.75) is 13.8 Å². The lowest BCUT2D eigenvalue weighted by atomic mass is 10.1. The van der Waals surface area contributed by atoms with Gasteiger partial charge in [-0.3, -0.25) is 0 Å². The first kappa shape index (κ1) is 9.78. The standard InChI is InChI=1S/C14H15N/c1-11-7-3-5-9-13(11)15-14-10-6-4-8-12(14)2/h3-10,15H,1-2H3. The predicted octanol–water partition coefficient (Wildman–Crippen LogP) is 4.05. The molecule has 0 fully saturated rings. The average Bonchev–Trinajstić information content (AvgIpc) is 2.24. The molecule has 1 nitrogen and oxygen atoms in total. The summed E-state index contributed by atoms with van der Waals surface area (Å²) in [6.45, 7) is 4.22. The van der Waals surface area contributed by atoms with Crippen LogP contribution in [0.25, 0.3) is 0 Å². The van der Waals surface area contributed by atoms with E-state index in [2.05, 4.69) is 55.6 Å². The third-order valence-corrected chi connectivity index (χ3v) is 2.56. The van der Waals surface area contributed by atoms with Crippen molar-refractivity contribution < 1.29 is 0 Å². The summed E-state index contributed by atoms with van der Waals surface area (Å²) >= 11 is 0. The average molecular weight is 197 g/mol. The summed E-state index contributed by atoms with van der Waals surface area (Å²) in [6, 6.07) is 16.6. The maximum atomic E-state index is 3.44. The van der Waals surface area contributed by atoms with Crippen LogP contribution >= 0.6 is 0 Å². The van der Waals surface area contributed by atoms with Gasteiger partial charge in [-0.05, 0) is 37.1 Å². The lowest BCUT2D eigenvalue weighted by Gasteiger charge is -2.11. The number of aryl methyl sites for hydroxylation is 2. The highest BCUT2D eigenvalue weighted by Crippen LogP contribution is 2.22. The largest absolute Gasteiger partial charge is 0.355 e. The summed E-state index contributed by atoms with van der Waals surface area (Å²) < 4.78 is 0. The Kier molecular flexibility index (Phi) is 2.72. The topological polar surface area (TPSA) is 12.0 Å². The van der Waals surface area contributed by atoms with E-state index in [1.165, 1.54) is 22.5 Å².